The molecule has 1 fully saturated rings. The van der Waals surface area contributed by atoms with Crippen LogP contribution in [0.3, 0.4) is 0 Å². The van der Waals surface area contributed by atoms with Crippen LogP contribution in [0.1, 0.15) is 42.4 Å². The van der Waals surface area contributed by atoms with Crippen molar-refractivity contribution in [3.8, 4) is 0 Å². The van der Waals surface area contributed by atoms with Crippen LogP contribution in [0, 0.1) is 6.92 Å². The third-order valence-corrected chi connectivity index (χ3v) is 5.87. The second-order valence-corrected chi connectivity index (χ2v) is 7.73. The van der Waals surface area contributed by atoms with E-state index in [2.05, 4.69) is 10.3 Å². The second kappa shape index (κ2) is 7.35. The molecule has 1 atom stereocenters. The third kappa shape index (κ3) is 3.28. The fourth-order valence-corrected chi connectivity index (χ4v) is 4.26. The minimum Gasteiger partial charge on any atom is -0.354 e. The quantitative estimate of drug-likeness (QED) is 0.754. The van der Waals surface area contributed by atoms with Gasteiger partial charge >= 0.3 is 0 Å². The third-order valence-electron chi connectivity index (χ3n) is 5.87. The molecule has 2 aromatic rings. The smallest absolute Gasteiger partial charge is 0.258 e. The highest BCUT2D eigenvalue weighted by Gasteiger charge is 2.53. The summed E-state index contributed by atoms with van der Waals surface area (Å²) in [4.78, 5) is 45.6. The van der Waals surface area contributed by atoms with Gasteiger partial charge in [-0.2, -0.15) is 0 Å². The number of nitrogens with zero attached hydrogens (tertiary/aromatic N) is 4. The van der Waals surface area contributed by atoms with Gasteiger partial charge in [0.15, 0.2) is 0 Å². The maximum atomic E-state index is 13.1. The van der Waals surface area contributed by atoms with Gasteiger partial charge in [0.05, 0.1) is 11.3 Å². The number of benzene rings is 1. The number of aromatic nitrogens is 2. The number of para-hydroxylation sites is 1. The number of imidazole rings is 1. The van der Waals surface area contributed by atoms with E-state index in [0.29, 0.717) is 30.6 Å². The molecule has 1 N–H and O–H groups in total. The Bertz CT molecular complexity index is 969. The summed E-state index contributed by atoms with van der Waals surface area (Å²) in [6.45, 7) is 5.00. The van der Waals surface area contributed by atoms with E-state index in [1.54, 1.807) is 29.3 Å². The molecule has 2 aliphatic rings. The van der Waals surface area contributed by atoms with Gasteiger partial charge in [-0.05, 0) is 38.8 Å². The molecule has 0 bridgehead atoms. The molecule has 8 nitrogen and oxygen atoms in total. The summed E-state index contributed by atoms with van der Waals surface area (Å²) in [5.41, 5.74) is 0.284. The first-order chi connectivity index (χ1) is 13.9. The van der Waals surface area contributed by atoms with Crippen molar-refractivity contribution in [3.63, 3.8) is 0 Å². The zero-order valence-electron chi connectivity index (χ0n) is 16.7. The van der Waals surface area contributed by atoms with Gasteiger partial charge < -0.3 is 14.8 Å². The molecule has 4 rings (SSSR count). The molecule has 0 saturated carbocycles. The van der Waals surface area contributed by atoms with Crippen LogP contribution in [0.25, 0.3) is 0 Å². The number of carbonyl (C=O) groups is 3. The van der Waals surface area contributed by atoms with Crippen molar-refractivity contribution in [2.24, 2.45) is 0 Å². The molecule has 8 heteroatoms. The van der Waals surface area contributed by atoms with Crippen LogP contribution in [-0.2, 0) is 16.1 Å². The lowest BCUT2D eigenvalue weighted by Crippen LogP contribution is -2.63. The van der Waals surface area contributed by atoms with Crippen LogP contribution in [0.15, 0.2) is 36.7 Å². The zero-order chi connectivity index (χ0) is 20.6. The van der Waals surface area contributed by atoms with Crippen LogP contribution in [-0.4, -0.2) is 50.9 Å². The van der Waals surface area contributed by atoms with Crippen molar-refractivity contribution in [1.29, 1.82) is 0 Å². The molecule has 0 spiro atoms. The van der Waals surface area contributed by atoms with Gasteiger partial charge in [0, 0.05) is 31.9 Å². The van der Waals surface area contributed by atoms with Gasteiger partial charge in [-0.3, -0.25) is 19.3 Å². The molecule has 3 heterocycles. The Morgan fingerprint density at radius 1 is 1.28 bits per heavy atom. The van der Waals surface area contributed by atoms with Gasteiger partial charge in [0.2, 0.25) is 11.8 Å². The predicted molar refractivity (Wildman–Crippen MR) is 107 cm³/mol. The van der Waals surface area contributed by atoms with E-state index < -0.39 is 5.66 Å². The van der Waals surface area contributed by atoms with E-state index in [4.69, 9.17) is 0 Å². The number of hydrogen-bond acceptors (Lipinski definition) is 4. The second-order valence-electron chi connectivity index (χ2n) is 7.73. The lowest BCUT2D eigenvalue weighted by molar-refractivity contribution is -0.124. The summed E-state index contributed by atoms with van der Waals surface area (Å²) in [6.07, 6.45) is 5.30. The lowest BCUT2D eigenvalue weighted by Gasteiger charge is -2.48. The maximum Gasteiger partial charge on any atom is 0.258 e. The molecule has 1 aromatic carbocycles. The number of fused-ring (bicyclic) bond motifs is 3. The van der Waals surface area contributed by atoms with E-state index in [9.17, 15) is 14.4 Å². The molecule has 1 saturated heterocycles. The van der Waals surface area contributed by atoms with Crippen LogP contribution in [0.5, 0.6) is 0 Å². The molecular formula is C21H25N5O3. The first-order valence-electron chi connectivity index (χ1n) is 9.90. The molecule has 29 heavy (non-hydrogen) atoms. The Kier molecular flexibility index (Phi) is 4.86. The zero-order valence-corrected chi connectivity index (χ0v) is 16.7. The normalized spacial score (nSPS) is 20.6. The molecule has 2 aliphatic heterocycles. The van der Waals surface area contributed by atoms with Crippen LogP contribution in [0.2, 0.25) is 0 Å². The number of amides is 3. The van der Waals surface area contributed by atoms with Crippen LogP contribution < -0.4 is 10.2 Å². The van der Waals surface area contributed by atoms with Gasteiger partial charge in [0.25, 0.3) is 5.91 Å². The summed E-state index contributed by atoms with van der Waals surface area (Å²) < 4.78 is 2.03. The van der Waals surface area contributed by atoms with E-state index in [1.807, 2.05) is 30.7 Å². The first-order valence-corrected chi connectivity index (χ1v) is 9.90. The Balaban J connectivity index is 1.43. The summed E-state index contributed by atoms with van der Waals surface area (Å²) in [5, 5.41) is 2.89. The Labute approximate surface area is 169 Å². The Morgan fingerprint density at radius 2 is 2.07 bits per heavy atom. The molecule has 152 valence electrons. The number of hydrogen-bond donors (Lipinski definition) is 1. The molecular weight excluding hydrogens is 370 g/mol. The lowest BCUT2D eigenvalue weighted by atomic mass is 9.98. The van der Waals surface area contributed by atoms with Gasteiger partial charge in [-0.1, -0.05) is 12.1 Å². The minimum absolute atomic E-state index is 0.0199. The first kappa shape index (κ1) is 19.2. The molecule has 0 aliphatic carbocycles. The highest BCUT2D eigenvalue weighted by Crippen LogP contribution is 2.43. The summed E-state index contributed by atoms with van der Waals surface area (Å²) >= 11 is 0. The van der Waals surface area contributed by atoms with E-state index in [1.165, 1.54) is 4.90 Å². The van der Waals surface area contributed by atoms with Gasteiger partial charge in [-0.15, -0.1) is 0 Å². The predicted octanol–water partition coefficient (Wildman–Crippen LogP) is 1.70. The number of rotatable bonds is 6. The van der Waals surface area contributed by atoms with Gasteiger partial charge in [0.1, 0.15) is 18.0 Å². The molecule has 3 amide bonds. The average Bonchev–Trinajstić information content (AvgIpc) is 3.25. The van der Waals surface area contributed by atoms with Crippen molar-refractivity contribution in [3.05, 3.63) is 48.0 Å². The highest BCUT2D eigenvalue weighted by atomic mass is 16.2. The van der Waals surface area contributed by atoms with Crippen molar-refractivity contribution < 1.29 is 14.4 Å². The fourth-order valence-electron chi connectivity index (χ4n) is 4.26. The van der Waals surface area contributed by atoms with Crippen LogP contribution >= 0.6 is 0 Å². The van der Waals surface area contributed by atoms with Crippen molar-refractivity contribution >= 4 is 23.4 Å². The topological polar surface area (TPSA) is 87.5 Å². The standard InChI is InChI=1S/C21H25N5O3/c1-15-22-11-13-24(15)12-5-10-23-18(27)14-25-20(29)16-6-3-4-7-17(16)26-19(28)8-9-21(25,26)2/h3-4,6-7,11,13H,5,8-10,12,14H2,1-2H3,(H,23,27). The molecule has 0 radical (unpaired) electrons. The van der Waals surface area contributed by atoms with Crippen molar-refractivity contribution in [2.75, 3.05) is 18.0 Å². The van der Waals surface area contributed by atoms with Crippen molar-refractivity contribution in [1.82, 2.24) is 19.8 Å². The maximum absolute atomic E-state index is 13.1. The highest BCUT2D eigenvalue weighted by molar-refractivity contribution is 6.11. The molecule has 1 aromatic heterocycles. The number of anilines is 1. The monoisotopic (exact) mass is 395 g/mol. The molecule has 1 unspecified atom stereocenters. The number of nitrogens with one attached hydrogen (secondary N) is 1. The van der Waals surface area contributed by atoms with Crippen LogP contribution in [0.4, 0.5) is 5.69 Å². The average molecular weight is 395 g/mol. The Morgan fingerprint density at radius 3 is 2.83 bits per heavy atom. The number of aryl methyl sites for hydroxylation is 2. The number of carbonyl (C=O) groups excluding carboxylic acids is 3. The summed E-state index contributed by atoms with van der Waals surface area (Å²) in [6, 6.07) is 7.10. The Hall–Kier alpha value is -3.16. The van der Waals surface area contributed by atoms with E-state index in [0.717, 1.165) is 18.8 Å². The van der Waals surface area contributed by atoms with Gasteiger partial charge in [-0.25, -0.2) is 4.98 Å². The van der Waals surface area contributed by atoms with Crippen molar-refractivity contribution in [2.45, 2.75) is 45.3 Å². The van der Waals surface area contributed by atoms with E-state index in [-0.39, 0.29) is 24.3 Å². The largest absolute Gasteiger partial charge is 0.354 e. The van der Waals surface area contributed by atoms with E-state index >= 15 is 0 Å². The summed E-state index contributed by atoms with van der Waals surface area (Å²) in [5.74, 6) is 0.486. The fraction of sp³-hybridized carbons (Fsp3) is 0.429. The summed E-state index contributed by atoms with van der Waals surface area (Å²) in [7, 11) is 0. The SMILES string of the molecule is Cc1nccn1CCCNC(=O)CN1C(=O)c2ccccc2N2C(=O)CCC12C. The minimum atomic E-state index is -0.812.